The molecule has 0 fully saturated rings. The van der Waals surface area contributed by atoms with Crippen LogP contribution in [-0.4, -0.2) is 15.5 Å². The van der Waals surface area contributed by atoms with Crippen LogP contribution in [-0.2, 0) is 0 Å². The normalized spacial score (nSPS) is 13.2. The van der Waals surface area contributed by atoms with Crippen LogP contribution in [0.2, 0.25) is 5.02 Å². The number of hydrogen-bond acceptors (Lipinski definition) is 3. The van der Waals surface area contributed by atoms with Gasteiger partial charge in [-0.2, -0.15) is 0 Å². The average molecular weight is 384 g/mol. The van der Waals surface area contributed by atoms with Gasteiger partial charge >= 0.3 is 0 Å². The van der Waals surface area contributed by atoms with E-state index in [1.807, 2.05) is 47.2 Å². The van der Waals surface area contributed by atoms with Gasteiger partial charge in [0, 0.05) is 34.0 Å². The number of rotatable bonds is 5. The molecular formula is C21H18ClNO2S. The van der Waals surface area contributed by atoms with E-state index in [1.165, 1.54) is 0 Å². The van der Waals surface area contributed by atoms with Crippen molar-refractivity contribution in [2.45, 2.75) is 13.0 Å². The summed E-state index contributed by atoms with van der Waals surface area (Å²) in [6, 6.07) is 19.9. The number of carbonyl (C=O) groups is 1. The minimum atomic E-state index is -0.998. The minimum Gasteiger partial charge on any atom is -0.388 e. The number of para-hydroxylation sites is 1. The van der Waals surface area contributed by atoms with Crippen molar-refractivity contribution in [3.63, 3.8) is 0 Å². The Labute approximate surface area is 162 Å². The molecule has 5 heteroatoms. The van der Waals surface area contributed by atoms with E-state index in [2.05, 4.69) is 0 Å². The maximum absolute atomic E-state index is 12.7. The van der Waals surface area contributed by atoms with E-state index < -0.39 is 12.0 Å². The van der Waals surface area contributed by atoms with Crippen molar-refractivity contribution in [3.8, 4) is 5.69 Å². The fraction of sp³-hybridized carbons (Fsp3) is 0.143. The zero-order chi connectivity index (χ0) is 18.7. The molecular weight excluding hydrogens is 366 g/mol. The number of ketones is 1. The number of Topliss-reactive ketones (excluding diaryl/α,β-unsaturated/α-hetero) is 1. The number of aliphatic hydroxyl groups is 1. The van der Waals surface area contributed by atoms with E-state index in [1.54, 1.807) is 37.3 Å². The zero-order valence-electron chi connectivity index (χ0n) is 14.2. The summed E-state index contributed by atoms with van der Waals surface area (Å²) in [5.41, 5.74) is 1.98. The van der Waals surface area contributed by atoms with Gasteiger partial charge in [-0.15, -0.1) is 0 Å². The van der Waals surface area contributed by atoms with Gasteiger partial charge in [0.2, 0.25) is 0 Å². The molecule has 0 aliphatic carbocycles. The number of nitrogens with zero attached hydrogens (tertiary/aromatic N) is 1. The van der Waals surface area contributed by atoms with Gasteiger partial charge in [0.1, 0.15) is 4.64 Å². The molecule has 3 aromatic rings. The van der Waals surface area contributed by atoms with E-state index in [0.717, 1.165) is 5.69 Å². The fourth-order valence-corrected chi connectivity index (χ4v) is 3.30. The van der Waals surface area contributed by atoms with E-state index >= 15 is 0 Å². The predicted octanol–water partition coefficient (Wildman–Crippen LogP) is 5.41. The standard InChI is InChI=1S/C21H18ClNO2S/c1-14(19(24)15-9-11-16(22)12-10-15)20(25)18-8-5-13-23(21(18)26)17-6-3-2-4-7-17/h2-14,20,25H,1H3/t14-,20+/m1/s1. The Bertz CT molecular complexity index is 967. The SMILES string of the molecule is C[C@H](C(=O)c1ccc(Cl)cc1)[C@H](O)c1cccn(-c2ccccc2)c1=S. The number of halogens is 1. The summed E-state index contributed by atoms with van der Waals surface area (Å²) in [7, 11) is 0. The third-order valence-electron chi connectivity index (χ3n) is 4.35. The molecule has 3 rings (SSSR count). The second-order valence-corrected chi connectivity index (χ2v) is 6.90. The van der Waals surface area contributed by atoms with Gasteiger partial charge in [0.05, 0.1) is 6.10 Å². The third kappa shape index (κ3) is 3.78. The Morgan fingerprint density at radius 1 is 1.04 bits per heavy atom. The minimum absolute atomic E-state index is 0.154. The molecule has 2 aromatic carbocycles. The second-order valence-electron chi connectivity index (χ2n) is 6.08. The van der Waals surface area contributed by atoms with E-state index in [-0.39, 0.29) is 5.78 Å². The molecule has 132 valence electrons. The van der Waals surface area contributed by atoms with Gasteiger partial charge in [0.25, 0.3) is 0 Å². The van der Waals surface area contributed by atoms with Crippen LogP contribution in [0.1, 0.15) is 28.9 Å². The second kappa shape index (κ2) is 7.96. The molecule has 0 spiro atoms. The van der Waals surface area contributed by atoms with Crippen molar-refractivity contribution in [3.05, 3.63) is 93.7 Å². The van der Waals surface area contributed by atoms with Gasteiger partial charge in [0.15, 0.2) is 5.78 Å². The van der Waals surface area contributed by atoms with Gasteiger partial charge < -0.3 is 9.67 Å². The monoisotopic (exact) mass is 383 g/mol. The van der Waals surface area contributed by atoms with Crippen molar-refractivity contribution in [1.29, 1.82) is 0 Å². The van der Waals surface area contributed by atoms with Crippen molar-refractivity contribution in [2.24, 2.45) is 5.92 Å². The van der Waals surface area contributed by atoms with Crippen molar-refractivity contribution < 1.29 is 9.90 Å². The first-order chi connectivity index (χ1) is 12.5. The summed E-state index contributed by atoms with van der Waals surface area (Å²) in [4.78, 5) is 12.7. The molecule has 0 radical (unpaired) electrons. The molecule has 0 saturated heterocycles. The highest BCUT2D eigenvalue weighted by atomic mass is 35.5. The fourth-order valence-electron chi connectivity index (χ4n) is 2.82. The van der Waals surface area contributed by atoms with Crippen LogP contribution in [0.25, 0.3) is 5.69 Å². The van der Waals surface area contributed by atoms with Crippen LogP contribution < -0.4 is 0 Å². The summed E-state index contributed by atoms with van der Waals surface area (Å²) in [6.45, 7) is 1.70. The lowest BCUT2D eigenvalue weighted by Gasteiger charge is -2.20. The van der Waals surface area contributed by atoms with Gasteiger partial charge in [-0.3, -0.25) is 4.79 Å². The highest BCUT2D eigenvalue weighted by Gasteiger charge is 2.26. The molecule has 0 amide bonds. The van der Waals surface area contributed by atoms with Crippen molar-refractivity contribution >= 4 is 29.6 Å². The first-order valence-electron chi connectivity index (χ1n) is 8.24. The molecule has 2 atom stereocenters. The Balaban J connectivity index is 1.92. The number of aromatic nitrogens is 1. The molecule has 0 aliphatic heterocycles. The van der Waals surface area contributed by atoms with E-state index in [4.69, 9.17) is 23.8 Å². The molecule has 0 aliphatic rings. The van der Waals surface area contributed by atoms with Crippen LogP contribution in [0.4, 0.5) is 0 Å². The van der Waals surface area contributed by atoms with Gasteiger partial charge in [-0.05, 0) is 42.5 Å². The summed E-state index contributed by atoms with van der Waals surface area (Å²) in [6.07, 6.45) is 0.848. The third-order valence-corrected chi connectivity index (χ3v) is 5.03. The molecule has 1 aromatic heterocycles. The zero-order valence-corrected chi connectivity index (χ0v) is 15.7. The highest BCUT2D eigenvalue weighted by molar-refractivity contribution is 7.71. The first kappa shape index (κ1) is 18.5. The molecule has 0 bridgehead atoms. The highest BCUT2D eigenvalue weighted by Crippen LogP contribution is 2.27. The maximum atomic E-state index is 12.7. The van der Waals surface area contributed by atoms with Gasteiger partial charge in [-0.25, -0.2) is 0 Å². The number of aliphatic hydroxyl groups excluding tert-OH is 1. The summed E-state index contributed by atoms with van der Waals surface area (Å²) in [5, 5.41) is 11.4. The summed E-state index contributed by atoms with van der Waals surface area (Å²) in [5.74, 6) is -0.789. The Morgan fingerprint density at radius 2 is 1.69 bits per heavy atom. The number of benzene rings is 2. The maximum Gasteiger partial charge on any atom is 0.168 e. The average Bonchev–Trinajstić information content (AvgIpc) is 2.68. The van der Waals surface area contributed by atoms with Crippen LogP contribution in [0.15, 0.2) is 72.9 Å². The van der Waals surface area contributed by atoms with Crippen molar-refractivity contribution in [1.82, 2.24) is 4.57 Å². The lowest BCUT2D eigenvalue weighted by Crippen LogP contribution is -2.20. The van der Waals surface area contributed by atoms with E-state index in [0.29, 0.717) is 20.8 Å². The Kier molecular flexibility index (Phi) is 5.67. The van der Waals surface area contributed by atoms with Crippen LogP contribution in [0.3, 0.4) is 0 Å². The smallest absolute Gasteiger partial charge is 0.168 e. The Hall–Kier alpha value is -2.27. The lowest BCUT2D eigenvalue weighted by atomic mass is 9.91. The molecule has 3 nitrogen and oxygen atoms in total. The topological polar surface area (TPSA) is 42.2 Å². The number of pyridine rings is 1. The summed E-state index contributed by atoms with van der Waals surface area (Å²) < 4.78 is 2.31. The van der Waals surface area contributed by atoms with Crippen LogP contribution >= 0.6 is 23.8 Å². The number of carbonyl (C=O) groups excluding carboxylic acids is 1. The molecule has 26 heavy (non-hydrogen) atoms. The molecule has 0 unspecified atom stereocenters. The van der Waals surface area contributed by atoms with Gasteiger partial charge in [-0.1, -0.05) is 55.0 Å². The van der Waals surface area contributed by atoms with Crippen LogP contribution in [0, 0.1) is 10.6 Å². The summed E-state index contributed by atoms with van der Waals surface area (Å²) >= 11 is 11.4. The molecule has 1 heterocycles. The molecule has 0 saturated carbocycles. The predicted molar refractivity (Wildman–Crippen MR) is 107 cm³/mol. The number of hydrogen-bond donors (Lipinski definition) is 1. The quantitative estimate of drug-likeness (QED) is 0.473. The van der Waals surface area contributed by atoms with E-state index in [9.17, 15) is 9.90 Å². The Morgan fingerprint density at radius 3 is 2.35 bits per heavy atom. The molecule has 1 N–H and O–H groups in total. The van der Waals surface area contributed by atoms with Crippen LogP contribution in [0.5, 0.6) is 0 Å². The first-order valence-corrected chi connectivity index (χ1v) is 9.02. The van der Waals surface area contributed by atoms with Crippen molar-refractivity contribution in [2.75, 3.05) is 0 Å². The largest absolute Gasteiger partial charge is 0.388 e. The lowest BCUT2D eigenvalue weighted by molar-refractivity contribution is 0.0711.